The Morgan fingerprint density at radius 3 is 2.74 bits per heavy atom. The maximum Gasteiger partial charge on any atom is 0.362 e. The van der Waals surface area contributed by atoms with Crippen LogP contribution in [0.1, 0.15) is 34.8 Å². The van der Waals surface area contributed by atoms with E-state index in [2.05, 4.69) is 4.98 Å². The smallest absolute Gasteiger partial charge is 0.362 e. The van der Waals surface area contributed by atoms with Gasteiger partial charge in [-0.15, -0.1) is 0 Å². The topological polar surface area (TPSA) is 39.2 Å². The summed E-state index contributed by atoms with van der Waals surface area (Å²) in [7, 11) is 0. The van der Waals surface area contributed by atoms with Gasteiger partial charge in [0.25, 0.3) is 0 Å². The van der Waals surface area contributed by atoms with Gasteiger partial charge in [0.1, 0.15) is 11.4 Å². The van der Waals surface area contributed by atoms with Gasteiger partial charge in [-0.05, 0) is 48.6 Å². The number of ether oxygens (including phenoxy) is 1. The van der Waals surface area contributed by atoms with E-state index in [4.69, 9.17) is 16.3 Å². The molecule has 19 heavy (non-hydrogen) atoms. The first kappa shape index (κ1) is 12.2. The molecule has 0 atom stereocenters. The number of carbonyl (C=O) groups is 1. The van der Waals surface area contributed by atoms with Crippen molar-refractivity contribution in [1.29, 1.82) is 0 Å². The Balaban J connectivity index is 1.78. The van der Waals surface area contributed by atoms with Crippen LogP contribution in [-0.2, 0) is 0 Å². The lowest BCUT2D eigenvalue weighted by atomic mass is 10.1. The maximum atomic E-state index is 11.9. The van der Waals surface area contributed by atoms with Gasteiger partial charge in [0.15, 0.2) is 0 Å². The number of hydrogen-bond donors (Lipinski definition) is 0. The van der Waals surface area contributed by atoms with Crippen molar-refractivity contribution >= 4 is 17.6 Å². The van der Waals surface area contributed by atoms with Gasteiger partial charge >= 0.3 is 5.97 Å². The molecule has 96 valence electrons. The number of hydrogen-bond acceptors (Lipinski definition) is 3. The highest BCUT2D eigenvalue weighted by atomic mass is 35.5. The van der Waals surface area contributed by atoms with Crippen molar-refractivity contribution in [2.24, 2.45) is 0 Å². The van der Waals surface area contributed by atoms with Crippen LogP contribution in [0.5, 0.6) is 5.75 Å². The van der Waals surface area contributed by atoms with Crippen LogP contribution in [0.25, 0.3) is 0 Å². The second kappa shape index (κ2) is 5.02. The van der Waals surface area contributed by atoms with Crippen LogP contribution >= 0.6 is 11.6 Å². The second-order valence-electron chi connectivity index (χ2n) is 4.57. The minimum absolute atomic E-state index is 0.268. The van der Waals surface area contributed by atoms with Crippen LogP contribution < -0.4 is 4.74 Å². The lowest BCUT2D eigenvalue weighted by molar-refractivity contribution is 0.0728. The van der Waals surface area contributed by atoms with E-state index in [1.807, 2.05) is 12.1 Å². The van der Waals surface area contributed by atoms with E-state index in [1.165, 1.54) is 18.4 Å². The van der Waals surface area contributed by atoms with Gasteiger partial charge in [-0.2, -0.15) is 0 Å². The fourth-order valence-corrected chi connectivity index (χ4v) is 2.13. The third-order valence-electron chi connectivity index (χ3n) is 3.08. The molecule has 0 saturated heterocycles. The standard InChI is InChI=1S/C15H12ClNO2/c16-12-9-11(10-4-5-10)6-7-14(12)19-15(18)13-3-1-2-8-17-13/h1-3,6-10H,4-5H2. The van der Waals surface area contributed by atoms with Crippen molar-refractivity contribution in [3.63, 3.8) is 0 Å². The molecule has 0 spiro atoms. The molecule has 0 bridgehead atoms. The van der Waals surface area contributed by atoms with Crippen molar-refractivity contribution in [3.05, 3.63) is 58.9 Å². The lowest BCUT2D eigenvalue weighted by Gasteiger charge is -2.07. The SMILES string of the molecule is O=C(Oc1ccc(C2CC2)cc1Cl)c1ccccn1. The Kier molecular flexibility index (Phi) is 3.22. The summed E-state index contributed by atoms with van der Waals surface area (Å²) in [6, 6.07) is 10.7. The highest BCUT2D eigenvalue weighted by Gasteiger charge is 2.24. The molecule has 1 fully saturated rings. The van der Waals surface area contributed by atoms with E-state index in [9.17, 15) is 4.79 Å². The number of benzene rings is 1. The molecule has 3 rings (SSSR count). The number of carbonyl (C=O) groups excluding carboxylic acids is 1. The van der Waals surface area contributed by atoms with Gasteiger partial charge in [-0.25, -0.2) is 9.78 Å². The monoisotopic (exact) mass is 273 g/mol. The number of halogens is 1. The molecule has 0 radical (unpaired) electrons. The van der Waals surface area contributed by atoms with Crippen LogP contribution in [0.15, 0.2) is 42.6 Å². The minimum Gasteiger partial charge on any atom is -0.420 e. The van der Waals surface area contributed by atoms with E-state index in [0.717, 1.165) is 0 Å². The molecular formula is C15H12ClNO2. The quantitative estimate of drug-likeness (QED) is 0.630. The zero-order valence-corrected chi connectivity index (χ0v) is 10.9. The average Bonchev–Trinajstić information content (AvgIpc) is 3.26. The molecule has 1 aliphatic rings. The van der Waals surface area contributed by atoms with Gasteiger partial charge in [0.2, 0.25) is 0 Å². The Morgan fingerprint density at radius 1 is 1.26 bits per heavy atom. The second-order valence-corrected chi connectivity index (χ2v) is 4.98. The summed E-state index contributed by atoms with van der Waals surface area (Å²) >= 11 is 6.14. The molecule has 1 aliphatic carbocycles. The molecule has 3 nitrogen and oxygen atoms in total. The average molecular weight is 274 g/mol. The molecule has 4 heteroatoms. The molecule has 1 aromatic carbocycles. The summed E-state index contributed by atoms with van der Waals surface area (Å²) in [5, 5.41) is 0.466. The fourth-order valence-electron chi connectivity index (χ4n) is 1.91. The lowest BCUT2D eigenvalue weighted by Crippen LogP contribution is -2.10. The van der Waals surface area contributed by atoms with E-state index >= 15 is 0 Å². The van der Waals surface area contributed by atoms with E-state index < -0.39 is 5.97 Å². The Bertz CT molecular complexity index is 609. The van der Waals surface area contributed by atoms with Gasteiger partial charge in [0, 0.05) is 6.20 Å². The number of nitrogens with zero attached hydrogens (tertiary/aromatic N) is 1. The molecule has 0 amide bonds. The fraction of sp³-hybridized carbons (Fsp3) is 0.200. The molecule has 0 unspecified atom stereocenters. The van der Waals surface area contributed by atoms with Crippen molar-refractivity contribution in [1.82, 2.24) is 4.98 Å². The Labute approximate surface area is 116 Å². The Morgan fingerprint density at radius 2 is 2.11 bits per heavy atom. The van der Waals surface area contributed by atoms with Crippen molar-refractivity contribution in [2.45, 2.75) is 18.8 Å². The van der Waals surface area contributed by atoms with Crippen LogP contribution in [0.4, 0.5) is 0 Å². The highest BCUT2D eigenvalue weighted by molar-refractivity contribution is 6.32. The van der Waals surface area contributed by atoms with Crippen molar-refractivity contribution in [2.75, 3.05) is 0 Å². The summed E-state index contributed by atoms with van der Waals surface area (Å²) < 4.78 is 5.25. The van der Waals surface area contributed by atoms with Crippen molar-refractivity contribution < 1.29 is 9.53 Å². The molecule has 2 aromatic rings. The van der Waals surface area contributed by atoms with Crippen LogP contribution in [0, 0.1) is 0 Å². The zero-order chi connectivity index (χ0) is 13.2. The first-order valence-corrected chi connectivity index (χ1v) is 6.54. The first-order valence-electron chi connectivity index (χ1n) is 6.17. The van der Waals surface area contributed by atoms with Crippen molar-refractivity contribution in [3.8, 4) is 5.75 Å². The number of aromatic nitrogens is 1. The third-order valence-corrected chi connectivity index (χ3v) is 3.38. The maximum absolute atomic E-state index is 11.9. The summed E-state index contributed by atoms with van der Waals surface area (Å²) in [5.74, 6) is 0.501. The number of esters is 1. The predicted octanol–water partition coefficient (Wildman–Crippen LogP) is 3.83. The van der Waals surface area contributed by atoms with Gasteiger partial charge < -0.3 is 4.74 Å². The van der Waals surface area contributed by atoms with E-state index in [-0.39, 0.29) is 5.69 Å². The van der Waals surface area contributed by atoms with E-state index in [1.54, 1.807) is 30.5 Å². The zero-order valence-electron chi connectivity index (χ0n) is 10.2. The summed E-state index contributed by atoms with van der Waals surface area (Å²) in [6.45, 7) is 0. The van der Waals surface area contributed by atoms with Gasteiger partial charge in [0.05, 0.1) is 5.02 Å². The van der Waals surface area contributed by atoms with Gasteiger partial charge in [-0.1, -0.05) is 23.7 Å². The van der Waals surface area contributed by atoms with Crippen LogP contribution in [-0.4, -0.2) is 11.0 Å². The molecule has 1 heterocycles. The molecular weight excluding hydrogens is 262 g/mol. The number of pyridine rings is 1. The highest BCUT2D eigenvalue weighted by Crippen LogP contribution is 2.42. The predicted molar refractivity (Wildman–Crippen MR) is 72.6 cm³/mol. The van der Waals surface area contributed by atoms with Crippen LogP contribution in [0.3, 0.4) is 0 Å². The largest absolute Gasteiger partial charge is 0.420 e. The first-order chi connectivity index (χ1) is 9.24. The molecule has 0 aliphatic heterocycles. The normalized spacial score (nSPS) is 14.2. The minimum atomic E-state index is -0.498. The summed E-state index contributed by atoms with van der Waals surface area (Å²) in [6.07, 6.45) is 3.97. The Hall–Kier alpha value is -1.87. The van der Waals surface area contributed by atoms with Crippen LogP contribution in [0.2, 0.25) is 5.02 Å². The van der Waals surface area contributed by atoms with E-state index in [0.29, 0.717) is 16.7 Å². The summed E-state index contributed by atoms with van der Waals surface area (Å²) in [4.78, 5) is 15.8. The summed E-state index contributed by atoms with van der Waals surface area (Å²) in [5.41, 5.74) is 1.48. The van der Waals surface area contributed by atoms with Gasteiger partial charge in [-0.3, -0.25) is 0 Å². The molecule has 1 aromatic heterocycles. The molecule has 1 saturated carbocycles. The number of rotatable bonds is 3. The third kappa shape index (κ3) is 2.76. The molecule has 0 N–H and O–H groups in total.